The third kappa shape index (κ3) is 2.15. The number of nitrogens with one attached hydrogen (secondary N) is 1. The monoisotopic (exact) mass is 324 g/mol. The van der Waals surface area contributed by atoms with E-state index in [0.29, 0.717) is 0 Å². The molecule has 1 aliphatic rings. The fourth-order valence-corrected chi connectivity index (χ4v) is 2.85. The smallest absolute Gasteiger partial charge is 0.261 e. The van der Waals surface area contributed by atoms with E-state index in [1.54, 1.807) is 0 Å². The molecule has 124 valence electrons. The van der Waals surface area contributed by atoms with Crippen molar-refractivity contribution >= 4 is 16.9 Å². The summed E-state index contributed by atoms with van der Waals surface area (Å²) < 4.78 is 6.73. The van der Waals surface area contributed by atoms with Gasteiger partial charge in [-0.25, -0.2) is 4.98 Å². The third-order valence-corrected chi connectivity index (χ3v) is 4.07. The van der Waals surface area contributed by atoms with Crippen LogP contribution in [0.25, 0.3) is 11.0 Å². The Morgan fingerprint density at radius 2 is 2.30 bits per heavy atom. The molecule has 10 heteroatoms. The largest absolute Gasteiger partial charge is 0.394 e. The molecule has 1 amide bonds. The second kappa shape index (κ2) is 5.13. The molecule has 1 unspecified atom stereocenters. The van der Waals surface area contributed by atoms with Crippen molar-refractivity contribution in [1.82, 2.24) is 14.5 Å². The molecule has 3 rings (SSSR count). The topological polar surface area (TPSA) is 164 Å². The Morgan fingerprint density at radius 3 is 2.87 bits per heavy atom. The van der Waals surface area contributed by atoms with Crippen LogP contribution in [-0.2, 0) is 4.74 Å². The highest BCUT2D eigenvalue weighted by Gasteiger charge is 2.53. The van der Waals surface area contributed by atoms with Crippen LogP contribution in [0.5, 0.6) is 0 Å². The molecule has 1 fully saturated rings. The number of H-pyrrole nitrogens is 1. The first-order valence-corrected chi connectivity index (χ1v) is 6.83. The summed E-state index contributed by atoms with van der Waals surface area (Å²) in [5, 5.41) is 29.8. The Morgan fingerprint density at radius 1 is 1.61 bits per heavy atom. The Hall–Kier alpha value is -2.27. The lowest BCUT2D eigenvalue weighted by atomic mass is 9.96. The van der Waals surface area contributed by atoms with Gasteiger partial charge < -0.3 is 35.3 Å². The lowest BCUT2D eigenvalue weighted by molar-refractivity contribution is -0.0948. The normalized spacial score (nSPS) is 30.9. The van der Waals surface area contributed by atoms with Gasteiger partial charge in [-0.1, -0.05) is 0 Å². The van der Waals surface area contributed by atoms with Gasteiger partial charge in [0, 0.05) is 6.20 Å². The molecule has 23 heavy (non-hydrogen) atoms. The SMILES string of the molecule is C[C@]1(O)C(n2cc(C(N)=O)c3c(=O)[nH]cnc32)O[C@H](CO)[C@H]1O. The summed E-state index contributed by atoms with van der Waals surface area (Å²) in [5.41, 5.74) is 2.92. The molecule has 6 N–H and O–H groups in total. The molecule has 0 aliphatic carbocycles. The molecule has 0 radical (unpaired) electrons. The summed E-state index contributed by atoms with van der Waals surface area (Å²) in [5.74, 6) is -0.843. The van der Waals surface area contributed by atoms with Gasteiger partial charge in [-0.2, -0.15) is 0 Å². The summed E-state index contributed by atoms with van der Waals surface area (Å²) in [6.07, 6.45) is -1.18. The van der Waals surface area contributed by atoms with Gasteiger partial charge in [-0.05, 0) is 6.92 Å². The van der Waals surface area contributed by atoms with Crippen LogP contribution in [0, 0.1) is 0 Å². The van der Waals surface area contributed by atoms with Crippen LogP contribution in [0.3, 0.4) is 0 Å². The van der Waals surface area contributed by atoms with E-state index in [4.69, 9.17) is 10.5 Å². The van der Waals surface area contributed by atoms with Crippen molar-refractivity contribution in [2.45, 2.75) is 31.0 Å². The molecule has 10 nitrogen and oxygen atoms in total. The molecule has 0 saturated carbocycles. The van der Waals surface area contributed by atoms with E-state index in [2.05, 4.69) is 9.97 Å². The van der Waals surface area contributed by atoms with Gasteiger partial charge in [0.1, 0.15) is 23.5 Å². The second-order valence-electron chi connectivity index (χ2n) is 5.62. The molecule has 1 saturated heterocycles. The number of hydrogen-bond donors (Lipinski definition) is 5. The number of nitrogens with two attached hydrogens (primary N) is 1. The molecule has 2 aromatic heterocycles. The predicted molar refractivity (Wildman–Crippen MR) is 76.5 cm³/mol. The molecule has 4 atom stereocenters. The van der Waals surface area contributed by atoms with Crippen molar-refractivity contribution in [2.75, 3.05) is 6.61 Å². The highest BCUT2D eigenvalue weighted by Crippen LogP contribution is 2.39. The van der Waals surface area contributed by atoms with Crippen molar-refractivity contribution in [3.63, 3.8) is 0 Å². The number of amides is 1. The lowest BCUT2D eigenvalue weighted by Crippen LogP contribution is -2.44. The Labute approximate surface area is 129 Å². The number of fused-ring (bicyclic) bond motifs is 1. The molecular formula is C13H16N4O6. The fourth-order valence-electron chi connectivity index (χ4n) is 2.85. The summed E-state index contributed by atoms with van der Waals surface area (Å²) in [6, 6.07) is 0. The number of aliphatic hydroxyl groups excluding tert-OH is 2. The number of hydrogen-bond acceptors (Lipinski definition) is 7. The quantitative estimate of drug-likeness (QED) is 0.428. The van der Waals surface area contributed by atoms with E-state index in [1.807, 2.05) is 0 Å². The number of primary amides is 1. The summed E-state index contributed by atoms with van der Waals surface area (Å²) in [6.45, 7) is 0.810. The first-order valence-electron chi connectivity index (χ1n) is 6.83. The van der Waals surface area contributed by atoms with Crippen molar-refractivity contribution in [3.05, 3.63) is 28.4 Å². The average Bonchev–Trinajstić information content (AvgIpc) is 2.97. The van der Waals surface area contributed by atoms with Crippen LogP contribution in [0.2, 0.25) is 0 Å². The van der Waals surface area contributed by atoms with Gasteiger partial charge in [-0.3, -0.25) is 9.59 Å². The van der Waals surface area contributed by atoms with Crippen molar-refractivity contribution in [3.8, 4) is 0 Å². The van der Waals surface area contributed by atoms with E-state index in [9.17, 15) is 24.9 Å². The van der Waals surface area contributed by atoms with Crippen LogP contribution < -0.4 is 11.3 Å². The van der Waals surface area contributed by atoms with E-state index < -0.39 is 42.1 Å². The maximum absolute atomic E-state index is 12.0. The van der Waals surface area contributed by atoms with Gasteiger partial charge in [0.2, 0.25) is 0 Å². The molecule has 0 aromatic carbocycles. The number of carbonyl (C=O) groups excluding carboxylic acids is 1. The minimum absolute atomic E-state index is 0.0404. The van der Waals surface area contributed by atoms with E-state index >= 15 is 0 Å². The molecular weight excluding hydrogens is 308 g/mol. The molecule has 1 aliphatic heterocycles. The first-order chi connectivity index (χ1) is 10.8. The van der Waals surface area contributed by atoms with Crippen molar-refractivity contribution in [1.29, 1.82) is 0 Å². The lowest BCUT2D eigenvalue weighted by Gasteiger charge is -2.27. The minimum Gasteiger partial charge on any atom is -0.394 e. The zero-order valence-corrected chi connectivity index (χ0v) is 12.1. The predicted octanol–water partition coefficient (Wildman–Crippen LogP) is -2.17. The highest BCUT2D eigenvalue weighted by molar-refractivity contribution is 6.05. The number of rotatable bonds is 3. The maximum Gasteiger partial charge on any atom is 0.261 e. The molecule has 3 heterocycles. The van der Waals surface area contributed by atoms with Crippen LogP contribution in [0.4, 0.5) is 0 Å². The van der Waals surface area contributed by atoms with E-state index in [0.717, 1.165) is 6.33 Å². The Kier molecular flexibility index (Phi) is 3.48. The number of aliphatic hydroxyl groups is 3. The first kappa shape index (κ1) is 15.6. The highest BCUT2D eigenvalue weighted by atomic mass is 16.6. The van der Waals surface area contributed by atoms with Gasteiger partial charge in [0.05, 0.1) is 23.9 Å². The Bertz CT molecular complexity index is 825. The summed E-state index contributed by atoms with van der Waals surface area (Å²) in [7, 11) is 0. The van der Waals surface area contributed by atoms with Gasteiger partial charge in [0.15, 0.2) is 6.23 Å². The number of ether oxygens (including phenoxy) is 1. The zero-order valence-electron chi connectivity index (χ0n) is 12.1. The van der Waals surface area contributed by atoms with Gasteiger partial charge in [0.25, 0.3) is 11.5 Å². The number of aromatic amines is 1. The molecule has 0 spiro atoms. The second-order valence-corrected chi connectivity index (χ2v) is 5.62. The fraction of sp³-hybridized carbons (Fsp3) is 0.462. The van der Waals surface area contributed by atoms with Gasteiger partial charge in [-0.15, -0.1) is 0 Å². The van der Waals surface area contributed by atoms with E-state index in [-0.39, 0.29) is 16.6 Å². The molecule has 2 aromatic rings. The van der Waals surface area contributed by atoms with Crippen LogP contribution in [0.15, 0.2) is 17.3 Å². The van der Waals surface area contributed by atoms with Gasteiger partial charge >= 0.3 is 0 Å². The van der Waals surface area contributed by atoms with Crippen molar-refractivity contribution in [2.24, 2.45) is 5.73 Å². The third-order valence-electron chi connectivity index (χ3n) is 4.07. The van der Waals surface area contributed by atoms with Crippen LogP contribution >= 0.6 is 0 Å². The number of nitrogens with zero attached hydrogens (tertiary/aromatic N) is 2. The number of carbonyl (C=O) groups is 1. The van der Waals surface area contributed by atoms with Crippen molar-refractivity contribution < 1.29 is 24.9 Å². The number of aromatic nitrogens is 3. The maximum atomic E-state index is 12.0. The standard InChI is InChI=1S/C13H16N4O6/c1-13(22)8(19)6(3-18)23-12(13)17-2-5(9(14)20)7-10(17)15-4-16-11(7)21/h2,4,6,8,12,18-19,22H,3H2,1H3,(H2,14,20)(H,15,16,21)/t6-,8-,12?,13-/m1/s1. The summed E-state index contributed by atoms with van der Waals surface area (Å²) in [4.78, 5) is 29.9. The van der Waals surface area contributed by atoms with Crippen LogP contribution in [-0.4, -0.2) is 60.2 Å². The van der Waals surface area contributed by atoms with E-state index in [1.165, 1.54) is 17.7 Å². The zero-order chi connectivity index (χ0) is 16.9. The van der Waals surface area contributed by atoms with Crippen LogP contribution in [0.1, 0.15) is 23.5 Å². The molecule has 0 bridgehead atoms. The minimum atomic E-state index is -1.78. The Balaban J connectivity index is 2.24. The summed E-state index contributed by atoms with van der Waals surface area (Å²) >= 11 is 0. The average molecular weight is 324 g/mol.